The highest BCUT2D eigenvalue weighted by Crippen LogP contribution is 2.09. The van der Waals surface area contributed by atoms with Crippen LogP contribution >= 0.6 is 0 Å². The minimum atomic E-state index is 0.0481. The van der Waals surface area contributed by atoms with Crippen LogP contribution in [0.2, 0.25) is 0 Å². The minimum absolute atomic E-state index is 0.0481. The molecule has 0 spiro atoms. The molecule has 0 aromatic heterocycles. The molecule has 0 rings (SSSR count). The zero-order chi connectivity index (χ0) is 19.8. The monoisotopic (exact) mass is 391 g/mol. The van der Waals surface area contributed by atoms with E-state index in [0.717, 1.165) is 19.6 Å². The van der Waals surface area contributed by atoms with Crippen molar-refractivity contribution in [3.63, 3.8) is 0 Å². The topological polar surface area (TPSA) is 71.4 Å². The van der Waals surface area contributed by atoms with E-state index in [-0.39, 0.29) is 13.2 Å². The molecule has 0 bridgehead atoms. The lowest BCUT2D eigenvalue weighted by Gasteiger charge is -2.21. The summed E-state index contributed by atoms with van der Waals surface area (Å²) in [6.07, 6.45) is 12.0. The Labute approximate surface area is 167 Å². The number of ether oxygens (including phenoxy) is 3. The average molecular weight is 392 g/mol. The Morgan fingerprint density at radius 2 is 1.04 bits per heavy atom. The number of aliphatic hydroxyl groups excluding tert-OH is 2. The molecule has 0 aliphatic heterocycles. The van der Waals surface area contributed by atoms with Crippen molar-refractivity contribution >= 4 is 0 Å². The van der Waals surface area contributed by atoms with Crippen molar-refractivity contribution in [3.8, 4) is 0 Å². The quantitative estimate of drug-likeness (QED) is 0.261. The van der Waals surface area contributed by atoms with Crippen LogP contribution in [0.4, 0.5) is 0 Å². The molecule has 0 aromatic rings. The van der Waals surface area contributed by atoms with Gasteiger partial charge >= 0.3 is 0 Å². The summed E-state index contributed by atoms with van der Waals surface area (Å²) >= 11 is 0. The molecule has 0 saturated carbocycles. The van der Waals surface area contributed by atoms with Crippen molar-refractivity contribution in [2.45, 2.75) is 64.7 Å². The first-order chi connectivity index (χ1) is 13.3. The average Bonchev–Trinajstić information content (AvgIpc) is 2.68. The molecule has 0 atom stereocenters. The second kappa shape index (κ2) is 23.8. The van der Waals surface area contributed by atoms with Gasteiger partial charge in [0.1, 0.15) is 0 Å². The molecule has 0 heterocycles. The van der Waals surface area contributed by atoms with Crippen LogP contribution in [-0.4, -0.2) is 87.6 Å². The predicted octanol–water partition coefficient (Wildman–Crippen LogP) is 2.85. The van der Waals surface area contributed by atoms with Gasteiger partial charge in [0.15, 0.2) is 0 Å². The van der Waals surface area contributed by atoms with Crippen LogP contribution in [0.3, 0.4) is 0 Å². The van der Waals surface area contributed by atoms with Crippen LogP contribution in [0, 0.1) is 0 Å². The van der Waals surface area contributed by atoms with Gasteiger partial charge in [-0.3, -0.25) is 4.90 Å². The molecule has 0 saturated heterocycles. The second-order valence-corrected chi connectivity index (χ2v) is 6.95. The van der Waals surface area contributed by atoms with Gasteiger partial charge in [0.2, 0.25) is 0 Å². The summed E-state index contributed by atoms with van der Waals surface area (Å²) < 4.78 is 16.1. The molecule has 164 valence electrons. The standard InChI is InChI=1S/C21H45NO5/c1-2-3-4-5-6-7-8-9-10-11-22(12-14-23)13-16-25-18-20-27-21-19-26-17-15-24/h23-24H,2-21H2,1H3. The fourth-order valence-corrected chi connectivity index (χ4v) is 2.92. The Balaban J connectivity index is 3.41. The largest absolute Gasteiger partial charge is 0.395 e. The van der Waals surface area contributed by atoms with Crippen molar-refractivity contribution < 1.29 is 24.4 Å². The van der Waals surface area contributed by atoms with E-state index in [1.54, 1.807) is 0 Å². The van der Waals surface area contributed by atoms with Gasteiger partial charge in [0.25, 0.3) is 0 Å². The zero-order valence-electron chi connectivity index (χ0n) is 17.7. The van der Waals surface area contributed by atoms with Crippen LogP contribution in [0.15, 0.2) is 0 Å². The maximum absolute atomic E-state index is 9.21. The van der Waals surface area contributed by atoms with Crippen molar-refractivity contribution in [2.24, 2.45) is 0 Å². The highest BCUT2D eigenvalue weighted by molar-refractivity contribution is 4.58. The molecular formula is C21H45NO5. The van der Waals surface area contributed by atoms with Gasteiger partial charge in [-0.2, -0.15) is 0 Å². The van der Waals surface area contributed by atoms with E-state index >= 15 is 0 Å². The van der Waals surface area contributed by atoms with E-state index in [9.17, 15) is 5.11 Å². The highest BCUT2D eigenvalue weighted by Gasteiger charge is 2.04. The SMILES string of the molecule is CCCCCCCCCCCN(CCO)CCOCCOCCOCCO. The van der Waals surface area contributed by atoms with Crippen molar-refractivity contribution in [1.29, 1.82) is 0 Å². The number of aliphatic hydroxyl groups is 2. The van der Waals surface area contributed by atoms with Crippen molar-refractivity contribution in [3.05, 3.63) is 0 Å². The first-order valence-corrected chi connectivity index (χ1v) is 11.0. The fraction of sp³-hybridized carbons (Fsp3) is 1.00. The summed E-state index contributed by atoms with van der Waals surface area (Å²) in [6, 6.07) is 0. The summed E-state index contributed by atoms with van der Waals surface area (Å²) in [5.41, 5.74) is 0. The number of hydrogen-bond acceptors (Lipinski definition) is 6. The molecule has 0 unspecified atom stereocenters. The Hall–Kier alpha value is -0.240. The molecule has 27 heavy (non-hydrogen) atoms. The summed E-state index contributed by atoms with van der Waals surface area (Å²) in [5.74, 6) is 0. The molecule has 0 radical (unpaired) electrons. The molecule has 0 aliphatic carbocycles. The summed E-state index contributed by atoms with van der Waals surface area (Å²) in [6.45, 7) is 8.32. The maximum Gasteiger partial charge on any atom is 0.0701 e. The van der Waals surface area contributed by atoms with Crippen LogP contribution < -0.4 is 0 Å². The van der Waals surface area contributed by atoms with Crippen molar-refractivity contribution in [1.82, 2.24) is 4.90 Å². The summed E-state index contributed by atoms with van der Waals surface area (Å²) in [5, 5.41) is 17.8. The predicted molar refractivity (Wildman–Crippen MR) is 110 cm³/mol. The number of hydrogen-bond donors (Lipinski definition) is 2. The van der Waals surface area contributed by atoms with E-state index in [1.165, 1.54) is 57.8 Å². The van der Waals surface area contributed by atoms with Crippen LogP contribution in [-0.2, 0) is 14.2 Å². The fourth-order valence-electron chi connectivity index (χ4n) is 2.92. The number of nitrogens with zero attached hydrogens (tertiary/aromatic N) is 1. The lowest BCUT2D eigenvalue weighted by atomic mass is 10.1. The van der Waals surface area contributed by atoms with Crippen molar-refractivity contribution in [2.75, 3.05) is 72.5 Å². The third kappa shape index (κ3) is 21.9. The van der Waals surface area contributed by atoms with Gasteiger partial charge in [-0.1, -0.05) is 58.3 Å². The molecule has 2 N–H and O–H groups in total. The molecule has 6 heteroatoms. The van der Waals surface area contributed by atoms with E-state index in [2.05, 4.69) is 11.8 Å². The van der Waals surface area contributed by atoms with E-state index in [4.69, 9.17) is 19.3 Å². The Bertz CT molecular complexity index is 269. The van der Waals surface area contributed by atoms with E-state index in [1.807, 2.05) is 0 Å². The van der Waals surface area contributed by atoms with Gasteiger partial charge < -0.3 is 24.4 Å². The normalized spacial score (nSPS) is 11.6. The third-order valence-electron chi connectivity index (χ3n) is 4.53. The van der Waals surface area contributed by atoms with Crippen LogP contribution in [0.5, 0.6) is 0 Å². The van der Waals surface area contributed by atoms with Crippen LogP contribution in [0.25, 0.3) is 0 Å². The summed E-state index contributed by atoms with van der Waals surface area (Å²) in [7, 11) is 0. The molecule has 0 fully saturated rings. The lowest BCUT2D eigenvalue weighted by Crippen LogP contribution is -2.31. The van der Waals surface area contributed by atoms with E-state index < -0.39 is 0 Å². The number of rotatable bonds is 23. The smallest absolute Gasteiger partial charge is 0.0701 e. The first-order valence-electron chi connectivity index (χ1n) is 11.0. The minimum Gasteiger partial charge on any atom is -0.395 e. The second-order valence-electron chi connectivity index (χ2n) is 6.95. The summed E-state index contributed by atoms with van der Waals surface area (Å²) in [4.78, 5) is 2.28. The van der Waals surface area contributed by atoms with Gasteiger partial charge in [0.05, 0.1) is 52.9 Å². The Morgan fingerprint density at radius 3 is 1.59 bits per heavy atom. The van der Waals surface area contributed by atoms with Gasteiger partial charge in [-0.15, -0.1) is 0 Å². The van der Waals surface area contributed by atoms with Gasteiger partial charge in [-0.25, -0.2) is 0 Å². The molecule has 6 nitrogen and oxygen atoms in total. The Kier molecular flexibility index (Phi) is 23.6. The molecular weight excluding hydrogens is 346 g/mol. The van der Waals surface area contributed by atoms with Gasteiger partial charge in [-0.05, 0) is 13.0 Å². The van der Waals surface area contributed by atoms with Gasteiger partial charge in [0, 0.05) is 13.1 Å². The lowest BCUT2D eigenvalue weighted by molar-refractivity contribution is 0.00405. The number of unbranched alkanes of at least 4 members (excludes halogenated alkanes) is 8. The molecule has 0 amide bonds. The van der Waals surface area contributed by atoms with E-state index in [0.29, 0.717) is 39.6 Å². The zero-order valence-corrected chi connectivity index (χ0v) is 17.7. The molecule has 0 aliphatic rings. The third-order valence-corrected chi connectivity index (χ3v) is 4.53. The molecule has 0 aromatic carbocycles. The van der Waals surface area contributed by atoms with Crippen LogP contribution in [0.1, 0.15) is 64.7 Å². The first kappa shape index (κ1) is 26.8. The highest BCUT2D eigenvalue weighted by atomic mass is 16.5. The maximum atomic E-state index is 9.21. The Morgan fingerprint density at radius 1 is 0.519 bits per heavy atom.